The third-order valence-corrected chi connectivity index (χ3v) is 5.14. The minimum absolute atomic E-state index is 0.0253. The minimum atomic E-state index is -0.697. The van der Waals surface area contributed by atoms with Gasteiger partial charge in [0.25, 0.3) is 0 Å². The van der Waals surface area contributed by atoms with Crippen LogP contribution in [0.2, 0.25) is 0 Å². The predicted molar refractivity (Wildman–Crippen MR) is 114 cm³/mol. The highest BCUT2D eigenvalue weighted by molar-refractivity contribution is 5.80. The van der Waals surface area contributed by atoms with E-state index in [1.54, 1.807) is 18.2 Å². The molecule has 0 unspecified atom stereocenters. The van der Waals surface area contributed by atoms with Crippen LogP contribution in [0.1, 0.15) is 24.1 Å². The first-order valence-electron chi connectivity index (χ1n) is 9.88. The average Bonchev–Trinajstić information content (AvgIpc) is 2.73. The SMILES string of the molecule is Cc1nc(-c2ccccc2)cc(-c2ccc(F)cc2)c1/C=C\[C@@H]1C[C@@H](O)CC(=O)O1. The van der Waals surface area contributed by atoms with Crippen molar-refractivity contribution in [3.05, 3.63) is 83.8 Å². The Morgan fingerprint density at radius 1 is 1.10 bits per heavy atom. The topological polar surface area (TPSA) is 59.4 Å². The number of aliphatic hydroxyl groups excluding tert-OH is 1. The van der Waals surface area contributed by atoms with E-state index < -0.39 is 18.2 Å². The summed E-state index contributed by atoms with van der Waals surface area (Å²) in [7, 11) is 0. The van der Waals surface area contributed by atoms with Crippen LogP contribution in [0.15, 0.2) is 66.7 Å². The molecule has 4 rings (SSSR count). The van der Waals surface area contributed by atoms with Gasteiger partial charge in [-0.15, -0.1) is 0 Å². The summed E-state index contributed by atoms with van der Waals surface area (Å²) in [5, 5.41) is 9.84. The second-order valence-electron chi connectivity index (χ2n) is 7.41. The molecule has 1 aliphatic rings. The van der Waals surface area contributed by atoms with Crippen LogP contribution in [0.4, 0.5) is 4.39 Å². The summed E-state index contributed by atoms with van der Waals surface area (Å²) in [6.07, 6.45) is 2.85. The van der Waals surface area contributed by atoms with Crippen LogP contribution >= 0.6 is 0 Å². The van der Waals surface area contributed by atoms with Gasteiger partial charge in [0.2, 0.25) is 0 Å². The number of nitrogens with zero attached hydrogens (tertiary/aromatic N) is 1. The number of aromatic nitrogens is 1. The first-order valence-corrected chi connectivity index (χ1v) is 9.88. The maximum atomic E-state index is 13.5. The molecular formula is C25H22FNO3. The molecule has 0 amide bonds. The van der Waals surface area contributed by atoms with Gasteiger partial charge in [0.05, 0.1) is 18.2 Å². The number of cyclic esters (lactones) is 1. The van der Waals surface area contributed by atoms with Crippen molar-refractivity contribution in [3.8, 4) is 22.4 Å². The van der Waals surface area contributed by atoms with Crippen LogP contribution in [-0.2, 0) is 9.53 Å². The number of hydrogen-bond acceptors (Lipinski definition) is 4. The molecule has 0 spiro atoms. The number of halogens is 1. The molecule has 1 saturated heterocycles. The fourth-order valence-electron chi connectivity index (χ4n) is 3.65. The van der Waals surface area contributed by atoms with Gasteiger partial charge in [-0.3, -0.25) is 9.78 Å². The summed E-state index contributed by atoms with van der Waals surface area (Å²) in [5.41, 5.74) is 5.24. The van der Waals surface area contributed by atoms with Crippen molar-refractivity contribution in [2.75, 3.05) is 0 Å². The normalized spacial score (nSPS) is 19.1. The third-order valence-electron chi connectivity index (χ3n) is 5.14. The number of benzene rings is 2. The fourth-order valence-corrected chi connectivity index (χ4v) is 3.65. The number of ether oxygens (including phenoxy) is 1. The molecule has 0 saturated carbocycles. The van der Waals surface area contributed by atoms with Gasteiger partial charge in [-0.1, -0.05) is 48.5 Å². The molecule has 1 aliphatic heterocycles. The van der Waals surface area contributed by atoms with Crippen LogP contribution in [0.5, 0.6) is 0 Å². The second-order valence-corrected chi connectivity index (χ2v) is 7.41. The Hall–Kier alpha value is -3.31. The smallest absolute Gasteiger partial charge is 0.309 e. The highest BCUT2D eigenvalue weighted by Gasteiger charge is 2.25. The van der Waals surface area contributed by atoms with Crippen molar-refractivity contribution in [3.63, 3.8) is 0 Å². The Bertz CT molecular complexity index is 1080. The van der Waals surface area contributed by atoms with E-state index in [1.807, 2.05) is 49.4 Å². The van der Waals surface area contributed by atoms with E-state index in [9.17, 15) is 14.3 Å². The van der Waals surface area contributed by atoms with Crippen LogP contribution in [-0.4, -0.2) is 28.3 Å². The van der Waals surface area contributed by atoms with Crippen LogP contribution in [0, 0.1) is 12.7 Å². The van der Waals surface area contributed by atoms with E-state index in [1.165, 1.54) is 12.1 Å². The molecule has 4 nitrogen and oxygen atoms in total. The number of rotatable bonds is 4. The van der Waals surface area contributed by atoms with Crippen molar-refractivity contribution in [1.82, 2.24) is 4.98 Å². The zero-order chi connectivity index (χ0) is 21.1. The molecule has 2 atom stereocenters. The van der Waals surface area contributed by atoms with Gasteiger partial charge in [-0.25, -0.2) is 4.39 Å². The van der Waals surface area contributed by atoms with Crippen molar-refractivity contribution < 1.29 is 19.0 Å². The summed E-state index contributed by atoms with van der Waals surface area (Å²) in [4.78, 5) is 16.4. The average molecular weight is 403 g/mol. The lowest BCUT2D eigenvalue weighted by molar-refractivity contribution is -0.156. The third kappa shape index (κ3) is 4.47. The Kier molecular flexibility index (Phi) is 5.72. The number of aliphatic hydroxyl groups is 1. The van der Waals surface area contributed by atoms with Crippen molar-refractivity contribution in [1.29, 1.82) is 0 Å². The summed E-state index contributed by atoms with van der Waals surface area (Å²) in [6, 6.07) is 18.2. The van der Waals surface area contributed by atoms with Crippen LogP contribution < -0.4 is 0 Å². The van der Waals surface area contributed by atoms with E-state index >= 15 is 0 Å². The van der Waals surface area contributed by atoms with Gasteiger partial charge >= 0.3 is 5.97 Å². The highest BCUT2D eigenvalue weighted by Crippen LogP contribution is 2.32. The molecule has 1 N–H and O–H groups in total. The summed E-state index contributed by atoms with van der Waals surface area (Å²) < 4.78 is 18.8. The number of carbonyl (C=O) groups is 1. The lowest BCUT2D eigenvalue weighted by Gasteiger charge is -2.23. The Morgan fingerprint density at radius 3 is 2.53 bits per heavy atom. The van der Waals surface area contributed by atoms with Gasteiger partial charge in [-0.05, 0) is 42.3 Å². The first-order chi connectivity index (χ1) is 14.5. The van der Waals surface area contributed by atoms with Crippen molar-refractivity contribution in [2.24, 2.45) is 0 Å². The van der Waals surface area contributed by atoms with Gasteiger partial charge in [0.15, 0.2) is 0 Å². The summed E-state index contributed by atoms with van der Waals surface area (Å²) >= 11 is 0. The Labute approximate surface area is 174 Å². The lowest BCUT2D eigenvalue weighted by atomic mass is 9.95. The fraction of sp³-hybridized carbons (Fsp3) is 0.200. The number of hydrogen-bond donors (Lipinski definition) is 1. The van der Waals surface area contributed by atoms with Gasteiger partial charge in [0, 0.05) is 23.2 Å². The van der Waals surface area contributed by atoms with E-state index in [0.29, 0.717) is 6.42 Å². The Morgan fingerprint density at radius 2 is 1.83 bits per heavy atom. The molecule has 1 fully saturated rings. The zero-order valence-corrected chi connectivity index (χ0v) is 16.6. The number of pyridine rings is 1. The standard InChI is InChI=1S/C25H22FNO3/c1-16-22(12-11-21-13-20(28)14-25(29)30-21)23(17-7-9-19(26)10-8-17)15-24(27-16)18-5-3-2-4-6-18/h2-12,15,20-21,28H,13-14H2,1H3/b12-11-/t20-,21-/m1/s1. The number of esters is 1. The largest absolute Gasteiger partial charge is 0.458 e. The van der Waals surface area contributed by atoms with E-state index in [-0.39, 0.29) is 12.2 Å². The van der Waals surface area contributed by atoms with E-state index in [4.69, 9.17) is 9.72 Å². The molecule has 152 valence electrons. The monoisotopic (exact) mass is 403 g/mol. The predicted octanol–water partition coefficient (Wildman–Crippen LogP) is 4.94. The van der Waals surface area contributed by atoms with Crippen LogP contribution in [0.3, 0.4) is 0 Å². The molecule has 2 aromatic carbocycles. The van der Waals surface area contributed by atoms with E-state index in [0.717, 1.165) is 33.6 Å². The highest BCUT2D eigenvalue weighted by atomic mass is 19.1. The Balaban J connectivity index is 1.77. The van der Waals surface area contributed by atoms with E-state index in [2.05, 4.69) is 0 Å². The molecule has 1 aromatic heterocycles. The molecule has 0 aliphatic carbocycles. The molecule has 3 aromatic rings. The van der Waals surface area contributed by atoms with Gasteiger partial charge < -0.3 is 9.84 Å². The van der Waals surface area contributed by atoms with Crippen molar-refractivity contribution >= 4 is 12.0 Å². The molecule has 0 radical (unpaired) electrons. The maximum Gasteiger partial charge on any atom is 0.309 e. The molecule has 0 bridgehead atoms. The van der Waals surface area contributed by atoms with Crippen molar-refractivity contribution in [2.45, 2.75) is 32.0 Å². The zero-order valence-electron chi connectivity index (χ0n) is 16.6. The summed E-state index contributed by atoms with van der Waals surface area (Å²) in [6.45, 7) is 1.92. The van der Waals surface area contributed by atoms with Gasteiger partial charge in [0.1, 0.15) is 11.9 Å². The number of aryl methyl sites for hydroxylation is 1. The quantitative estimate of drug-likeness (QED) is 0.627. The number of carbonyl (C=O) groups excluding carboxylic acids is 1. The molecule has 30 heavy (non-hydrogen) atoms. The minimum Gasteiger partial charge on any atom is -0.458 e. The maximum absolute atomic E-state index is 13.5. The summed E-state index contributed by atoms with van der Waals surface area (Å²) in [5.74, 6) is -0.704. The van der Waals surface area contributed by atoms with Crippen LogP contribution in [0.25, 0.3) is 28.5 Å². The lowest BCUT2D eigenvalue weighted by Crippen LogP contribution is -2.31. The van der Waals surface area contributed by atoms with Gasteiger partial charge in [-0.2, -0.15) is 0 Å². The molecular weight excluding hydrogens is 381 g/mol. The first kappa shape index (κ1) is 20.0. The molecule has 5 heteroatoms. The molecule has 2 heterocycles. The second kappa shape index (κ2) is 8.59.